The molecule has 0 heterocycles. The Balaban J connectivity index is 2.31. The quantitative estimate of drug-likeness (QED) is 0.673. The molecule has 0 aliphatic carbocycles. The van der Waals surface area contributed by atoms with Gasteiger partial charge in [0, 0.05) is 34.7 Å². The minimum absolute atomic E-state index is 0.0986. The van der Waals surface area contributed by atoms with Gasteiger partial charge in [0.05, 0.1) is 4.92 Å². The number of aryl methyl sites for hydroxylation is 1. The number of hydrogen-bond acceptors (Lipinski definition) is 4. The third-order valence-corrected chi connectivity index (χ3v) is 3.63. The monoisotopic (exact) mass is 274 g/mol. The first-order valence-corrected chi connectivity index (χ1v) is 6.62. The lowest BCUT2D eigenvalue weighted by Gasteiger charge is -2.06. The average molecular weight is 274 g/mol. The van der Waals surface area contributed by atoms with E-state index in [0.717, 1.165) is 15.5 Å². The van der Waals surface area contributed by atoms with Crippen LogP contribution in [0.4, 0.5) is 11.4 Å². The lowest BCUT2D eigenvalue weighted by atomic mass is 10.2. The van der Waals surface area contributed by atoms with Crippen LogP contribution >= 0.6 is 11.8 Å². The maximum atomic E-state index is 10.9. The van der Waals surface area contributed by atoms with Crippen LogP contribution in [0.5, 0.6) is 0 Å². The third kappa shape index (κ3) is 3.48. The zero-order chi connectivity index (χ0) is 13.8. The highest BCUT2D eigenvalue weighted by atomic mass is 32.2. The second-order valence-corrected chi connectivity index (χ2v) is 5.28. The van der Waals surface area contributed by atoms with E-state index in [9.17, 15) is 10.1 Å². The molecule has 0 aliphatic rings. The first kappa shape index (κ1) is 13.4. The summed E-state index contributed by atoms with van der Waals surface area (Å²) in [5.74, 6) is 0. The van der Waals surface area contributed by atoms with E-state index >= 15 is 0 Å². The molecule has 2 aromatic carbocycles. The molecule has 0 amide bonds. The van der Waals surface area contributed by atoms with Crippen molar-refractivity contribution in [1.82, 2.24) is 0 Å². The van der Waals surface area contributed by atoms with Crippen molar-refractivity contribution in [3.63, 3.8) is 0 Å². The molecule has 0 aromatic heterocycles. The maximum absolute atomic E-state index is 10.9. The first-order valence-electron chi connectivity index (χ1n) is 5.80. The van der Waals surface area contributed by atoms with Crippen LogP contribution in [-0.2, 0) is 0 Å². The third-order valence-electron chi connectivity index (χ3n) is 2.65. The molecule has 2 aromatic rings. The minimum Gasteiger partial charge on any atom is -0.388 e. The topological polar surface area (TPSA) is 55.2 Å². The van der Waals surface area contributed by atoms with Gasteiger partial charge in [-0.15, -0.1) is 0 Å². The fourth-order valence-corrected chi connectivity index (χ4v) is 2.54. The van der Waals surface area contributed by atoms with Gasteiger partial charge in [-0.3, -0.25) is 10.1 Å². The van der Waals surface area contributed by atoms with Gasteiger partial charge in [0.1, 0.15) is 0 Å². The van der Waals surface area contributed by atoms with Gasteiger partial charge < -0.3 is 5.32 Å². The van der Waals surface area contributed by atoms with Crippen LogP contribution in [0.1, 0.15) is 5.56 Å². The molecule has 0 aliphatic heterocycles. The molecule has 1 N–H and O–H groups in total. The molecule has 0 saturated heterocycles. The summed E-state index contributed by atoms with van der Waals surface area (Å²) in [6, 6.07) is 13.1. The molecule has 0 radical (unpaired) electrons. The highest BCUT2D eigenvalue weighted by Gasteiger charge is 2.10. The molecule has 4 nitrogen and oxygen atoms in total. The van der Waals surface area contributed by atoms with E-state index in [2.05, 4.69) is 5.32 Å². The SMILES string of the molecule is CNc1cc(Sc2ccc(C)cc2)cc([N+](=O)[O-])c1. The van der Waals surface area contributed by atoms with Crippen molar-refractivity contribution in [2.24, 2.45) is 0 Å². The van der Waals surface area contributed by atoms with Crippen molar-refractivity contribution in [2.45, 2.75) is 16.7 Å². The highest BCUT2D eigenvalue weighted by molar-refractivity contribution is 7.99. The molecule has 2 rings (SSSR count). The van der Waals surface area contributed by atoms with Crippen molar-refractivity contribution in [3.05, 3.63) is 58.1 Å². The molecule has 0 unspecified atom stereocenters. The Morgan fingerprint density at radius 2 is 1.79 bits per heavy atom. The highest BCUT2D eigenvalue weighted by Crippen LogP contribution is 2.32. The van der Waals surface area contributed by atoms with Crippen molar-refractivity contribution < 1.29 is 4.92 Å². The number of nitrogens with one attached hydrogen (secondary N) is 1. The number of benzene rings is 2. The average Bonchev–Trinajstić information content (AvgIpc) is 2.41. The molecule has 0 bridgehead atoms. The Bertz CT molecular complexity index is 597. The van der Waals surface area contributed by atoms with Crippen molar-refractivity contribution in [3.8, 4) is 0 Å². The number of nitro groups is 1. The van der Waals surface area contributed by atoms with Crippen molar-refractivity contribution >= 4 is 23.1 Å². The molecular formula is C14H14N2O2S. The Labute approximate surface area is 116 Å². The summed E-state index contributed by atoms with van der Waals surface area (Å²) in [5, 5.41) is 13.8. The number of anilines is 1. The predicted molar refractivity (Wildman–Crippen MR) is 77.9 cm³/mol. The van der Waals surface area contributed by atoms with Gasteiger partial charge >= 0.3 is 0 Å². The molecule has 19 heavy (non-hydrogen) atoms. The minimum atomic E-state index is -0.375. The summed E-state index contributed by atoms with van der Waals surface area (Å²) in [6.07, 6.45) is 0. The number of nitro benzene ring substituents is 1. The van der Waals surface area contributed by atoms with Crippen LogP contribution in [0.3, 0.4) is 0 Å². The van der Waals surface area contributed by atoms with E-state index in [1.54, 1.807) is 13.1 Å². The fourth-order valence-electron chi connectivity index (χ4n) is 1.63. The first-order chi connectivity index (χ1) is 9.08. The standard InChI is InChI=1S/C14H14N2O2S/c1-10-3-5-13(6-4-10)19-14-8-11(15-2)7-12(9-14)16(17)18/h3-9,15H,1-2H3. The van der Waals surface area contributed by atoms with Gasteiger partial charge in [-0.25, -0.2) is 0 Å². The summed E-state index contributed by atoms with van der Waals surface area (Å²) >= 11 is 1.51. The smallest absolute Gasteiger partial charge is 0.272 e. The molecule has 5 heteroatoms. The maximum Gasteiger partial charge on any atom is 0.272 e. The Kier molecular flexibility index (Phi) is 4.06. The van der Waals surface area contributed by atoms with E-state index in [-0.39, 0.29) is 10.6 Å². The van der Waals surface area contributed by atoms with Crippen LogP contribution in [-0.4, -0.2) is 12.0 Å². The molecule has 0 spiro atoms. The summed E-state index contributed by atoms with van der Waals surface area (Å²) in [4.78, 5) is 12.4. The van der Waals surface area contributed by atoms with Gasteiger partial charge in [-0.1, -0.05) is 29.5 Å². The van der Waals surface area contributed by atoms with Crippen LogP contribution in [0, 0.1) is 17.0 Å². The normalized spacial score (nSPS) is 10.2. The van der Waals surface area contributed by atoms with E-state index < -0.39 is 0 Å². The molecule has 0 saturated carbocycles. The van der Waals surface area contributed by atoms with Crippen LogP contribution in [0.15, 0.2) is 52.3 Å². The Hall–Kier alpha value is -2.01. The zero-order valence-corrected chi connectivity index (χ0v) is 11.5. The molecule has 98 valence electrons. The predicted octanol–water partition coefficient (Wildman–Crippen LogP) is 4.10. The fraction of sp³-hybridized carbons (Fsp3) is 0.143. The lowest BCUT2D eigenvalue weighted by molar-refractivity contribution is -0.385. The van der Waals surface area contributed by atoms with Gasteiger partial charge in [0.25, 0.3) is 5.69 Å². The van der Waals surface area contributed by atoms with Crippen LogP contribution < -0.4 is 5.32 Å². The van der Waals surface area contributed by atoms with E-state index in [0.29, 0.717) is 0 Å². The number of rotatable bonds is 4. The van der Waals surface area contributed by atoms with Gasteiger partial charge in [-0.2, -0.15) is 0 Å². The van der Waals surface area contributed by atoms with Crippen LogP contribution in [0.25, 0.3) is 0 Å². The zero-order valence-electron chi connectivity index (χ0n) is 10.7. The van der Waals surface area contributed by atoms with Gasteiger partial charge in [0.2, 0.25) is 0 Å². The summed E-state index contributed by atoms with van der Waals surface area (Å²) in [6.45, 7) is 2.03. The lowest BCUT2D eigenvalue weighted by Crippen LogP contribution is -1.93. The molecular weight excluding hydrogens is 260 g/mol. The number of hydrogen-bond donors (Lipinski definition) is 1. The van der Waals surface area contributed by atoms with Gasteiger partial charge in [0.15, 0.2) is 0 Å². The van der Waals surface area contributed by atoms with Crippen LogP contribution in [0.2, 0.25) is 0 Å². The largest absolute Gasteiger partial charge is 0.388 e. The van der Waals surface area contributed by atoms with E-state index in [1.165, 1.54) is 23.4 Å². The summed E-state index contributed by atoms with van der Waals surface area (Å²) in [7, 11) is 1.75. The number of nitrogens with zero attached hydrogens (tertiary/aromatic N) is 1. The van der Waals surface area contributed by atoms with Gasteiger partial charge in [-0.05, 0) is 25.1 Å². The molecule has 0 fully saturated rings. The molecule has 0 atom stereocenters. The summed E-state index contributed by atoms with van der Waals surface area (Å²) < 4.78 is 0. The second kappa shape index (κ2) is 5.75. The second-order valence-electron chi connectivity index (χ2n) is 4.14. The Morgan fingerprint density at radius 3 is 2.37 bits per heavy atom. The summed E-state index contributed by atoms with van der Waals surface area (Å²) in [5.41, 5.74) is 2.03. The van der Waals surface area contributed by atoms with E-state index in [4.69, 9.17) is 0 Å². The van der Waals surface area contributed by atoms with E-state index in [1.807, 2.05) is 37.3 Å². The number of non-ortho nitro benzene ring substituents is 1. The Morgan fingerprint density at radius 1 is 1.11 bits per heavy atom. The van der Waals surface area contributed by atoms with Crippen molar-refractivity contribution in [2.75, 3.05) is 12.4 Å². The van der Waals surface area contributed by atoms with Crippen molar-refractivity contribution in [1.29, 1.82) is 0 Å².